The van der Waals surface area contributed by atoms with Gasteiger partial charge >= 0.3 is 6.03 Å². The molecule has 2 heterocycles. The second-order valence-electron chi connectivity index (χ2n) is 3.51. The van der Waals surface area contributed by atoms with Crippen LogP contribution in [0.4, 0.5) is 4.79 Å². The fraction of sp³-hybridized carbons (Fsp3) is 0.200. The van der Waals surface area contributed by atoms with Gasteiger partial charge in [0.2, 0.25) is 5.91 Å². The molecule has 17 heavy (non-hydrogen) atoms. The van der Waals surface area contributed by atoms with Crippen molar-refractivity contribution in [2.75, 3.05) is 6.54 Å². The number of nitrogens with two attached hydrogens (primary N) is 1. The van der Waals surface area contributed by atoms with Crippen molar-refractivity contribution in [3.05, 3.63) is 29.6 Å². The van der Waals surface area contributed by atoms with E-state index in [0.29, 0.717) is 11.3 Å². The maximum absolute atomic E-state index is 11.4. The van der Waals surface area contributed by atoms with Crippen molar-refractivity contribution in [2.24, 2.45) is 5.73 Å². The molecule has 1 fully saturated rings. The summed E-state index contributed by atoms with van der Waals surface area (Å²) in [6.07, 6.45) is 1.56. The summed E-state index contributed by atoms with van der Waals surface area (Å²) in [5, 5.41) is 2.44. The highest BCUT2D eigenvalue weighted by atomic mass is 32.1. The molecule has 0 atom stereocenters. The first-order valence-electron chi connectivity index (χ1n) is 4.91. The summed E-state index contributed by atoms with van der Waals surface area (Å²) in [7, 11) is 0. The lowest BCUT2D eigenvalue weighted by Gasteiger charge is -2.14. The molecule has 1 aromatic rings. The molecule has 0 spiro atoms. The Kier molecular flexibility index (Phi) is 3.01. The number of carbonyl (C=O) groups is 2. The van der Waals surface area contributed by atoms with Gasteiger partial charge < -0.3 is 11.1 Å². The van der Waals surface area contributed by atoms with Crippen LogP contribution in [0.3, 0.4) is 0 Å². The number of amides is 3. The van der Waals surface area contributed by atoms with Crippen molar-refractivity contribution in [3.8, 4) is 0 Å². The van der Waals surface area contributed by atoms with Crippen molar-refractivity contribution >= 4 is 29.1 Å². The van der Waals surface area contributed by atoms with Crippen LogP contribution in [0.5, 0.6) is 0 Å². The number of nitrogens with zero attached hydrogens (tertiary/aromatic N) is 2. The Morgan fingerprint density at radius 2 is 2.35 bits per heavy atom. The minimum absolute atomic E-state index is 0.0293. The zero-order chi connectivity index (χ0) is 12.4. The number of hydrogen-bond donors (Lipinski definition) is 2. The van der Waals surface area contributed by atoms with E-state index in [9.17, 15) is 9.59 Å². The van der Waals surface area contributed by atoms with Gasteiger partial charge in [-0.05, 0) is 6.07 Å². The molecule has 3 amide bonds. The molecule has 0 unspecified atom stereocenters. The fourth-order valence-corrected chi connectivity index (χ4v) is 1.76. The Balaban J connectivity index is 2.27. The number of nitrogens with one attached hydrogen (secondary N) is 1. The monoisotopic (exact) mass is 250 g/mol. The predicted octanol–water partition coefficient (Wildman–Crippen LogP) is -0.232. The molecule has 88 valence electrons. The number of rotatable bonds is 3. The molecular formula is C10H10N4O2S. The van der Waals surface area contributed by atoms with Gasteiger partial charge in [-0.15, -0.1) is 0 Å². The van der Waals surface area contributed by atoms with Gasteiger partial charge in [-0.2, -0.15) is 0 Å². The SMILES string of the molecule is NC(=S)c1ncccc1CN1C(=O)CNC1=O. The standard InChI is InChI=1S/C10H10N4O2S/c11-9(17)8-6(2-1-3-12-8)5-14-7(15)4-13-10(14)16/h1-3H,4-5H2,(H2,11,17)(H,13,16). The summed E-state index contributed by atoms with van der Waals surface area (Å²) >= 11 is 4.86. The van der Waals surface area contributed by atoms with E-state index >= 15 is 0 Å². The van der Waals surface area contributed by atoms with Crippen LogP contribution in [-0.4, -0.2) is 33.4 Å². The maximum Gasteiger partial charge on any atom is 0.324 e. The summed E-state index contributed by atoms with van der Waals surface area (Å²) in [6.45, 7) is 0.159. The normalized spacial score (nSPS) is 14.9. The minimum Gasteiger partial charge on any atom is -0.388 e. The van der Waals surface area contributed by atoms with E-state index in [1.807, 2.05) is 0 Å². The first-order valence-corrected chi connectivity index (χ1v) is 5.32. The molecule has 0 aliphatic carbocycles. The summed E-state index contributed by atoms with van der Waals surface area (Å²) in [5.41, 5.74) is 6.62. The van der Waals surface area contributed by atoms with Crippen LogP contribution in [0.2, 0.25) is 0 Å². The quantitative estimate of drug-likeness (QED) is 0.571. The maximum atomic E-state index is 11.4. The molecule has 2 rings (SSSR count). The summed E-state index contributed by atoms with van der Waals surface area (Å²) in [4.78, 5) is 28.1. The summed E-state index contributed by atoms with van der Waals surface area (Å²) in [6, 6.07) is 3.03. The van der Waals surface area contributed by atoms with Gasteiger partial charge in [0, 0.05) is 11.8 Å². The number of thiocarbonyl (C=S) groups is 1. The highest BCUT2D eigenvalue weighted by Crippen LogP contribution is 2.11. The van der Waals surface area contributed by atoms with E-state index in [2.05, 4.69) is 10.3 Å². The zero-order valence-corrected chi connectivity index (χ0v) is 9.66. The van der Waals surface area contributed by atoms with E-state index in [0.717, 1.165) is 4.90 Å². The molecule has 6 nitrogen and oxygen atoms in total. The largest absolute Gasteiger partial charge is 0.388 e. The molecular weight excluding hydrogens is 240 g/mol. The predicted molar refractivity (Wildman–Crippen MR) is 64.1 cm³/mol. The Morgan fingerprint density at radius 1 is 1.59 bits per heavy atom. The lowest BCUT2D eigenvalue weighted by atomic mass is 10.2. The Labute approximate surface area is 103 Å². The molecule has 0 saturated carbocycles. The minimum atomic E-state index is -0.409. The molecule has 1 aliphatic heterocycles. The van der Waals surface area contributed by atoms with Crippen molar-refractivity contribution in [3.63, 3.8) is 0 Å². The van der Waals surface area contributed by atoms with Gasteiger partial charge in [0.15, 0.2) is 0 Å². The van der Waals surface area contributed by atoms with Crippen LogP contribution in [0, 0.1) is 0 Å². The first kappa shape index (κ1) is 11.5. The van der Waals surface area contributed by atoms with Crippen LogP contribution in [0.1, 0.15) is 11.3 Å². The van der Waals surface area contributed by atoms with E-state index in [-0.39, 0.29) is 24.0 Å². The first-order chi connectivity index (χ1) is 8.09. The number of hydrogen-bond acceptors (Lipinski definition) is 4. The van der Waals surface area contributed by atoms with E-state index in [1.165, 1.54) is 0 Å². The number of pyridine rings is 1. The lowest BCUT2D eigenvalue weighted by Crippen LogP contribution is -2.31. The van der Waals surface area contributed by atoms with Gasteiger partial charge in [-0.1, -0.05) is 18.3 Å². The van der Waals surface area contributed by atoms with Crippen molar-refractivity contribution in [1.29, 1.82) is 0 Å². The second kappa shape index (κ2) is 4.46. The average molecular weight is 250 g/mol. The summed E-state index contributed by atoms with van der Waals surface area (Å²) < 4.78 is 0. The third kappa shape index (κ3) is 2.23. The molecule has 1 aliphatic rings. The van der Waals surface area contributed by atoms with Crippen LogP contribution in [0.15, 0.2) is 18.3 Å². The van der Waals surface area contributed by atoms with Gasteiger partial charge in [-0.25, -0.2) is 4.79 Å². The van der Waals surface area contributed by atoms with Crippen molar-refractivity contribution in [2.45, 2.75) is 6.54 Å². The molecule has 0 aromatic carbocycles. The Morgan fingerprint density at radius 3 is 2.94 bits per heavy atom. The molecule has 0 radical (unpaired) electrons. The molecule has 1 saturated heterocycles. The fourth-order valence-electron chi connectivity index (χ4n) is 1.57. The average Bonchev–Trinajstić information content (AvgIpc) is 2.61. The third-order valence-corrected chi connectivity index (χ3v) is 2.58. The van der Waals surface area contributed by atoms with E-state index < -0.39 is 6.03 Å². The van der Waals surface area contributed by atoms with Crippen LogP contribution >= 0.6 is 12.2 Å². The van der Waals surface area contributed by atoms with Crippen molar-refractivity contribution < 1.29 is 9.59 Å². The van der Waals surface area contributed by atoms with Gasteiger partial charge in [0.25, 0.3) is 0 Å². The molecule has 1 aromatic heterocycles. The van der Waals surface area contributed by atoms with E-state index in [1.54, 1.807) is 18.3 Å². The molecule has 0 bridgehead atoms. The summed E-state index contributed by atoms with van der Waals surface area (Å²) in [5.74, 6) is -0.271. The lowest BCUT2D eigenvalue weighted by molar-refractivity contribution is -0.125. The topological polar surface area (TPSA) is 88.3 Å². The smallest absolute Gasteiger partial charge is 0.324 e. The van der Waals surface area contributed by atoms with Crippen LogP contribution in [-0.2, 0) is 11.3 Å². The third-order valence-electron chi connectivity index (χ3n) is 2.39. The van der Waals surface area contributed by atoms with Crippen LogP contribution < -0.4 is 11.1 Å². The van der Waals surface area contributed by atoms with Crippen LogP contribution in [0.25, 0.3) is 0 Å². The number of aromatic nitrogens is 1. The Hall–Kier alpha value is -2.02. The number of imide groups is 1. The second-order valence-corrected chi connectivity index (χ2v) is 3.95. The highest BCUT2D eigenvalue weighted by Gasteiger charge is 2.29. The Bertz CT molecular complexity index is 487. The molecule has 7 heteroatoms. The number of urea groups is 1. The number of carbonyl (C=O) groups excluding carboxylic acids is 2. The van der Waals surface area contributed by atoms with Gasteiger partial charge in [0.05, 0.1) is 13.1 Å². The van der Waals surface area contributed by atoms with E-state index in [4.69, 9.17) is 18.0 Å². The zero-order valence-electron chi connectivity index (χ0n) is 8.84. The van der Waals surface area contributed by atoms with Gasteiger partial charge in [-0.3, -0.25) is 14.7 Å². The van der Waals surface area contributed by atoms with Gasteiger partial charge in [0.1, 0.15) is 10.7 Å². The molecule has 3 N–H and O–H groups in total. The van der Waals surface area contributed by atoms with Crippen molar-refractivity contribution in [1.82, 2.24) is 15.2 Å². The highest BCUT2D eigenvalue weighted by molar-refractivity contribution is 7.80.